The van der Waals surface area contributed by atoms with Crippen molar-refractivity contribution in [1.29, 1.82) is 0 Å². The molecule has 1 heterocycles. The Balaban J connectivity index is 2.69. The van der Waals surface area contributed by atoms with Gasteiger partial charge < -0.3 is 4.74 Å². The van der Waals surface area contributed by atoms with Crippen LogP contribution in [0.5, 0.6) is 5.75 Å². The van der Waals surface area contributed by atoms with Gasteiger partial charge in [-0.05, 0) is 38.1 Å². The zero-order chi connectivity index (χ0) is 14.2. The maximum Gasteiger partial charge on any atom is 0.286 e. The lowest BCUT2D eigenvalue weighted by Crippen LogP contribution is -2.17. The third-order valence-electron chi connectivity index (χ3n) is 2.60. The number of rotatable bonds is 3. The molecule has 0 aliphatic heterocycles. The van der Waals surface area contributed by atoms with Crippen molar-refractivity contribution in [3.8, 4) is 5.75 Å². The van der Waals surface area contributed by atoms with Gasteiger partial charge in [0.1, 0.15) is 16.5 Å². The van der Waals surface area contributed by atoms with E-state index in [-0.39, 0.29) is 10.6 Å². The summed E-state index contributed by atoms with van der Waals surface area (Å²) in [6.45, 7) is 3.30. The minimum atomic E-state index is -3.97. The van der Waals surface area contributed by atoms with Crippen LogP contribution in [0.3, 0.4) is 0 Å². The van der Waals surface area contributed by atoms with Crippen molar-refractivity contribution in [2.75, 3.05) is 7.11 Å². The summed E-state index contributed by atoms with van der Waals surface area (Å²) in [5.74, 6) is -0.574. The molecule has 0 radical (unpaired) electrons. The van der Waals surface area contributed by atoms with Crippen molar-refractivity contribution in [1.82, 2.24) is 9.19 Å². The molecule has 0 aliphatic carbocycles. The number of ether oxygens (including phenoxy) is 1. The highest BCUT2D eigenvalue weighted by molar-refractivity contribution is 7.90. The van der Waals surface area contributed by atoms with Gasteiger partial charge in [0.15, 0.2) is 0 Å². The van der Waals surface area contributed by atoms with E-state index in [1.54, 1.807) is 19.9 Å². The van der Waals surface area contributed by atoms with E-state index in [1.165, 1.54) is 13.2 Å². The topological polar surface area (TPSA) is 61.2 Å². The summed E-state index contributed by atoms with van der Waals surface area (Å²) in [4.78, 5) is -0.249. The second-order valence-electron chi connectivity index (χ2n) is 4.07. The first kappa shape index (κ1) is 13.5. The second kappa shape index (κ2) is 4.65. The zero-order valence-electron chi connectivity index (χ0n) is 10.7. The zero-order valence-corrected chi connectivity index (χ0v) is 11.5. The summed E-state index contributed by atoms with van der Waals surface area (Å²) >= 11 is 0. The number of aryl methyl sites for hydroxylation is 2. The van der Waals surface area contributed by atoms with Crippen molar-refractivity contribution in [3.63, 3.8) is 0 Å². The molecule has 0 unspecified atom stereocenters. The molecule has 1 aromatic heterocycles. The maximum atomic E-state index is 13.3. The van der Waals surface area contributed by atoms with Crippen LogP contribution < -0.4 is 4.74 Å². The van der Waals surface area contributed by atoms with Gasteiger partial charge in [0.2, 0.25) is 0 Å². The van der Waals surface area contributed by atoms with Gasteiger partial charge in [0.25, 0.3) is 10.0 Å². The molecular weight excluding hydrogens is 271 g/mol. The fourth-order valence-electron chi connectivity index (χ4n) is 1.80. The van der Waals surface area contributed by atoms with Crippen LogP contribution in [0.1, 0.15) is 11.4 Å². The molecule has 0 amide bonds. The molecule has 2 rings (SSSR count). The molecule has 0 atom stereocenters. The van der Waals surface area contributed by atoms with Crippen molar-refractivity contribution < 1.29 is 17.5 Å². The van der Waals surface area contributed by atoms with Gasteiger partial charge in [-0.25, -0.2) is 4.39 Å². The highest BCUT2D eigenvalue weighted by Gasteiger charge is 2.25. The lowest BCUT2D eigenvalue weighted by Gasteiger charge is -2.10. The highest BCUT2D eigenvalue weighted by atomic mass is 32.2. The summed E-state index contributed by atoms with van der Waals surface area (Å²) in [6, 6.07) is 4.96. The van der Waals surface area contributed by atoms with Crippen LogP contribution in [0.25, 0.3) is 0 Å². The Morgan fingerprint density at radius 2 is 1.95 bits per heavy atom. The van der Waals surface area contributed by atoms with Crippen LogP contribution in [0.4, 0.5) is 4.39 Å². The molecule has 0 bridgehead atoms. The first-order valence-corrected chi connectivity index (χ1v) is 6.92. The number of halogens is 1. The number of aromatic nitrogens is 2. The molecule has 0 fully saturated rings. The van der Waals surface area contributed by atoms with Crippen molar-refractivity contribution in [2.45, 2.75) is 18.7 Å². The van der Waals surface area contributed by atoms with E-state index < -0.39 is 15.8 Å². The van der Waals surface area contributed by atoms with Gasteiger partial charge in [-0.1, -0.05) is 0 Å². The van der Waals surface area contributed by atoms with Crippen molar-refractivity contribution in [3.05, 3.63) is 41.5 Å². The van der Waals surface area contributed by atoms with Gasteiger partial charge in [0.05, 0.1) is 18.5 Å². The Bertz CT molecular complexity index is 723. The van der Waals surface area contributed by atoms with Crippen LogP contribution in [0.15, 0.2) is 29.2 Å². The predicted octanol–water partition coefficient (Wildman–Crippen LogP) is 1.88. The Kier molecular flexibility index (Phi) is 3.32. The van der Waals surface area contributed by atoms with Crippen LogP contribution in [0, 0.1) is 19.7 Å². The Morgan fingerprint density at radius 3 is 2.47 bits per heavy atom. The van der Waals surface area contributed by atoms with E-state index >= 15 is 0 Å². The van der Waals surface area contributed by atoms with Crippen LogP contribution in [-0.2, 0) is 10.0 Å². The Hall–Kier alpha value is -1.89. The average Bonchev–Trinajstić information content (AvgIpc) is 2.69. The van der Waals surface area contributed by atoms with Gasteiger partial charge in [-0.2, -0.15) is 17.6 Å². The molecule has 5 nitrogen and oxygen atoms in total. The minimum Gasteiger partial charge on any atom is -0.495 e. The number of methoxy groups -OCH3 is 1. The van der Waals surface area contributed by atoms with Gasteiger partial charge in [-0.15, -0.1) is 0 Å². The van der Waals surface area contributed by atoms with Gasteiger partial charge in [-0.3, -0.25) is 0 Å². The molecule has 0 aliphatic rings. The molecule has 0 spiro atoms. The average molecular weight is 284 g/mol. The number of hydrogen-bond acceptors (Lipinski definition) is 4. The lowest BCUT2D eigenvalue weighted by molar-refractivity contribution is 0.400. The van der Waals surface area contributed by atoms with Crippen molar-refractivity contribution in [2.24, 2.45) is 0 Å². The summed E-state index contributed by atoms with van der Waals surface area (Å²) in [6.07, 6.45) is 0. The summed E-state index contributed by atoms with van der Waals surface area (Å²) in [5, 5.41) is 3.91. The lowest BCUT2D eigenvalue weighted by atomic mass is 10.3. The Labute approximate surface area is 110 Å². The number of hydrogen-bond donors (Lipinski definition) is 0. The number of benzene rings is 1. The molecular formula is C12H13FN2O3S. The number of nitrogens with zero attached hydrogens (tertiary/aromatic N) is 2. The molecule has 0 saturated heterocycles. The first-order chi connectivity index (χ1) is 8.86. The molecule has 102 valence electrons. The van der Waals surface area contributed by atoms with E-state index in [9.17, 15) is 12.8 Å². The quantitative estimate of drug-likeness (QED) is 0.863. The smallest absolute Gasteiger partial charge is 0.286 e. The van der Waals surface area contributed by atoms with Crippen LogP contribution in [0.2, 0.25) is 0 Å². The standard InChI is InChI=1S/C12H13FN2O3S/c1-8-6-9(2)15(14-8)19(16,17)12-7-10(13)4-5-11(12)18-3/h4-7H,1-3H3. The Morgan fingerprint density at radius 1 is 1.26 bits per heavy atom. The van der Waals surface area contributed by atoms with Crippen molar-refractivity contribution >= 4 is 10.0 Å². The minimum absolute atomic E-state index is 0.0777. The van der Waals surface area contributed by atoms with E-state index in [2.05, 4.69) is 5.10 Å². The fraction of sp³-hybridized carbons (Fsp3) is 0.250. The monoisotopic (exact) mass is 284 g/mol. The fourth-order valence-corrected chi connectivity index (χ4v) is 3.32. The third kappa shape index (κ3) is 2.33. The SMILES string of the molecule is COc1ccc(F)cc1S(=O)(=O)n1nc(C)cc1C. The molecule has 2 aromatic rings. The van der Waals surface area contributed by atoms with E-state index in [0.29, 0.717) is 11.4 Å². The third-order valence-corrected chi connectivity index (χ3v) is 4.30. The predicted molar refractivity (Wildman–Crippen MR) is 67.2 cm³/mol. The summed E-state index contributed by atoms with van der Waals surface area (Å²) < 4.78 is 44.0. The molecule has 7 heteroatoms. The summed E-state index contributed by atoms with van der Waals surface area (Å²) in [5.41, 5.74) is 1.01. The largest absolute Gasteiger partial charge is 0.495 e. The van der Waals surface area contributed by atoms with E-state index in [0.717, 1.165) is 16.2 Å². The molecule has 0 N–H and O–H groups in total. The highest BCUT2D eigenvalue weighted by Crippen LogP contribution is 2.26. The summed E-state index contributed by atoms with van der Waals surface area (Å²) in [7, 11) is -2.65. The normalized spacial score (nSPS) is 11.6. The first-order valence-electron chi connectivity index (χ1n) is 5.48. The second-order valence-corrected chi connectivity index (χ2v) is 5.81. The van der Waals surface area contributed by atoms with Crippen LogP contribution in [-0.4, -0.2) is 24.7 Å². The van der Waals surface area contributed by atoms with Gasteiger partial charge in [0, 0.05) is 0 Å². The maximum absolute atomic E-state index is 13.3. The van der Waals surface area contributed by atoms with E-state index in [4.69, 9.17) is 4.74 Å². The molecule has 19 heavy (non-hydrogen) atoms. The van der Waals surface area contributed by atoms with E-state index in [1.807, 2.05) is 0 Å². The molecule has 0 saturated carbocycles. The van der Waals surface area contributed by atoms with Gasteiger partial charge >= 0.3 is 0 Å². The molecule has 1 aromatic carbocycles. The van der Waals surface area contributed by atoms with Crippen LogP contribution >= 0.6 is 0 Å².